The van der Waals surface area contributed by atoms with Gasteiger partial charge in [-0.05, 0) is 33.4 Å². The summed E-state index contributed by atoms with van der Waals surface area (Å²) in [6.45, 7) is 2.86. The summed E-state index contributed by atoms with van der Waals surface area (Å²) < 4.78 is 5.38. The van der Waals surface area contributed by atoms with Crippen molar-refractivity contribution in [1.82, 2.24) is 9.88 Å². The first-order valence-corrected chi connectivity index (χ1v) is 5.99. The van der Waals surface area contributed by atoms with Gasteiger partial charge in [0.1, 0.15) is 12.0 Å². The first-order chi connectivity index (χ1) is 7.66. The molecule has 0 aromatic carbocycles. The van der Waals surface area contributed by atoms with Crippen LogP contribution in [0, 0.1) is 0 Å². The van der Waals surface area contributed by atoms with Gasteiger partial charge < -0.3 is 14.4 Å². The SMILES string of the molecule is CC(O)c1coc(CC2CCCCN2C)n1. The van der Waals surface area contributed by atoms with Gasteiger partial charge in [-0.25, -0.2) is 4.98 Å². The van der Waals surface area contributed by atoms with E-state index in [4.69, 9.17) is 4.42 Å². The van der Waals surface area contributed by atoms with Crippen LogP contribution in [0.25, 0.3) is 0 Å². The van der Waals surface area contributed by atoms with E-state index in [1.54, 1.807) is 13.2 Å². The van der Waals surface area contributed by atoms with Crippen LogP contribution in [-0.2, 0) is 6.42 Å². The van der Waals surface area contributed by atoms with Crippen molar-refractivity contribution in [2.24, 2.45) is 0 Å². The number of hydrogen-bond donors (Lipinski definition) is 1. The van der Waals surface area contributed by atoms with E-state index < -0.39 is 6.10 Å². The molecule has 90 valence electrons. The molecule has 4 heteroatoms. The molecule has 1 aromatic heterocycles. The van der Waals surface area contributed by atoms with E-state index >= 15 is 0 Å². The molecule has 1 aromatic rings. The molecule has 1 aliphatic heterocycles. The number of likely N-dealkylation sites (N-methyl/N-ethyl adjacent to an activating group) is 1. The van der Waals surface area contributed by atoms with Crippen molar-refractivity contribution in [2.75, 3.05) is 13.6 Å². The van der Waals surface area contributed by atoms with Crippen LogP contribution in [0.4, 0.5) is 0 Å². The molecule has 0 saturated carbocycles. The number of rotatable bonds is 3. The summed E-state index contributed by atoms with van der Waals surface area (Å²) >= 11 is 0. The average Bonchev–Trinajstić information content (AvgIpc) is 2.70. The monoisotopic (exact) mass is 224 g/mol. The number of aliphatic hydroxyl groups is 1. The second-order valence-electron chi connectivity index (χ2n) is 4.68. The fourth-order valence-electron chi connectivity index (χ4n) is 2.21. The lowest BCUT2D eigenvalue weighted by atomic mass is 10.0. The van der Waals surface area contributed by atoms with E-state index in [2.05, 4.69) is 16.9 Å². The Bertz CT molecular complexity index is 336. The van der Waals surface area contributed by atoms with E-state index in [0.717, 1.165) is 18.9 Å². The summed E-state index contributed by atoms with van der Waals surface area (Å²) in [5, 5.41) is 9.36. The largest absolute Gasteiger partial charge is 0.449 e. The number of hydrogen-bond acceptors (Lipinski definition) is 4. The Hall–Kier alpha value is -0.870. The fraction of sp³-hybridized carbons (Fsp3) is 0.750. The Morgan fingerprint density at radius 3 is 3.06 bits per heavy atom. The Balaban J connectivity index is 1.97. The average molecular weight is 224 g/mol. The normalized spacial score (nSPS) is 24.6. The molecule has 1 saturated heterocycles. The Morgan fingerprint density at radius 2 is 2.44 bits per heavy atom. The zero-order valence-corrected chi connectivity index (χ0v) is 10.0. The first kappa shape index (κ1) is 11.6. The summed E-state index contributed by atoms with van der Waals surface area (Å²) in [5.41, 5.74) is 0.633. The molecule has 0 spiro atoms. The van der Waals surface area contributed by atoms with Gasteiger partial charge in [0, 0.05) is 12.5 Å². The van der Waals surface area contributed by atoms with Gasteiger partial charge >= 0.3 is 0 Å². The summed E-state index contributed by atoms with van der Waals surface area (Å²) in [6, 6.07) is 0.536. The Labute approximate surface area is 96.3 Å². The molecule has 0 aliphatic carbocycles. The molecule has 1 aliphatic rings. The lowest BCUT2D eigenvalue weighted by Crippen LogP contribution is -2.37. The minimum atomic E-state index is -0.540. The molecular weight excluding hydrogens is 204 g/mol. The van der Waals surface area contributed by atoms with Crippen molar-refractivity contribution in [2.45, 2.75) is 44.8 Å². The van der Waals surface area contributed by atoms with Crippen molar-refractivity contribution < 1.29 is 9.52 Å². The topological polar surface area (TPSA) is 49.5 Å². The third kappa shape index (κ3) is 2.62. The van der Waals surface area contributed by atoms with Crippen molar-refractivity contribution in [3.8, 4) is 0 Å². The van der Waals surface area contributed by atoms with Gasteiger partial charge in [-0.1, -0.05) is 6.42 Å². The molecule has 2 atom stereocenters. The number of aromatic nitrogens is 1. The maximum absolute atomic E-state index is 9.36. The van der Waals surface area contributed by atoms with E-state index in [1.807, 2.05) is 0 Å². The number of piperidine rings is 1. The van der Waals surface area contributed by atoms with E-state index in [9.17, 15) is 5.11 Å². The minimum absolute atomic E-state index is 0.536. The second-order valence-corrected chi connectivity index (χ2v) is 4.68. The number of aliphatic hydroxyl groups excluding tert-OH is 1. The standard InChI is InChI=1S/C12H20N2O2/c1-9(15)11-8-16-12(13-11)7-10-5-3-4-6-14(10)2/h8-10,15H,3-7H2,1-2H3. The van der Waals surface area contributed by atoms with E-state index in [-0.39, 0.29) is 0 Å². The number of nitrogens with zero attached hydrogens (tertiary/aromatic N) is 2. The van der Waals surface area contributed by atoms with Crippen LogP contribution in [0.3, 0.4) is 0 Å². The maximum atomic E-state index is 9.36. The highest BCUT2D eigenvalue weighted by molar-refractivity contribution is 5.00. The molecule has 0 amide bonds. The van der Waals surface area contributed by atoms with E-state index in [1.165, 1.54) is 19.3 Å². The van der Waals surface area contributed by atoms with Crippen LogP contribution in [-0.4, -0.2) is 34.6 Å². The number of oxazole rings is 1. The highest BCUT2D eigenvalue weighted by Gasteiger charge is 2.21. The van der Waals surface area contributed by atoms with Gasteiger partial charge in [0.2, 0.25) is 0 Å². The van der Waals surface area contributed by atoms with Crippen LogP contribution < -0.4 is 0 Å². The fourth-order valence-corrected chi connectivity index (χ4v) is 2.21. The van der Waals surface area contributed by atoms with Gasteiger partial charge in [0.15, 0.2) is 5.89 Å². The molecule has 16 heavy (non-hydrogen) atoms. The van der Waals surface area contributed by atoms with Crippen molar-refractivity contribution in [3.63, 3.8) is 0 Å². The molecule has 2 unspecified atom stereocenters. The van der Waals surface area contributed by atoms with Crippen molar-refractivity contribution in [1.29, 1.82) is 0 Å². The number of likely N-dealkylation sites (tertiary alicyclic amines) is 1. The molecule has 1 fully saturated rings. The van der Waals surface area contributed by atoms with Crippen LogP contribution in [0.15, 0.2) is 10.7 Å². The molecule has 4 nitrogen and oxygen atoms in total. The predicted molar refractivity (Wildman–Crippen MR) is 61.1 cm³/mol. The molecule has 1 N–H and O–H groups in total. The van der Waals surface area contributed by atoms with E-state index in [0.29, 0.717) is 11.7 Å². The van der Waals surface area contributed by atoms with Gasteiger partial charge in [-0.15, -0.1) is 0 Å². The molecule has 0 bridgehead atoms. The highest BCUT2D eigenvalue weighted by atomic mass is 16.3. The summed E-state index contributed by atoms with van der Waals surface area (Å²) in [7, 11) is 2.16. The quantitative estimate of drug-likeness (QED) is 0.850. The highest BCUT2D eigenvalue weighted by Crippen LogP contribution is 2.20. The summed E-state index contributed by atoms with van der Waals surface area (Å²) in [6.07, 6.45) is 5.66. The van der Waals surface area contributed by atoms with Crippen molar-refractivity contribution in [3.05, 3.63) is 17.8 Å². The molecular formula is C12H20N2O2. The minimum Gasteiger partial charge on any atom is -0.449 e. The first-order valence-electron chi connectivity index (χ1n) is 5.99. The zero-order chi connectivity index (χ0) is 11.5. The smallest absolute Gasteiger partial charge is 0.195 e. The van der Waals surface area contributed by atoms with Crippen molar-refractivity contribution >= 4 is 0 Å². The van der Waals surface area contributed by atoms with Gasteiger partial charge in [-0.2, -0.15) is 0 Å². The third-order valence-electron chi connectivity index (χ3n) is 3.33. The predicted octanol–water partition coefficient (Wildman–Crippen LogP) is 1.75. The maximum Gasteiger partial charge on any atom is 0.195 e. The van der Waals surface area contributed by atoms with Crippen LogP contribution in [0.1, 0.15) is 43.9 Å². The molecule has 2 rings (SSSR count). The third-order valence-corrected chi connectivity index (χ3v) is 3.33. The lowest BCUT2D eigenvalue weighted by molar-refractivity contribution is 0.176. The van der Waals surface area contributed by atoms with Crippen LogP contribution in [0.2, 0.25) is 0 Å². The van der Waals surface area contributed by atoms with Crippen LogP contribution >= 0.6 is 0 Å². The Morgan fingerprint density at radius 1 is 1.62 bits per heavy atom. The lowest BCUT2D eigenvalue weighted by Gasteiger charge is -2.31. The zero-order valence-electron chi connectivity index (χ0n) is 10.0. The molecule has 0 radical (unpaired) electrons. The Kier molecular flexibility index (Phi) is 3.61. The van der Waals surface area contributed by atoms with Gasteiger partial charge in [0.25, 0.3) is 0 Å². The van der Waals surface area contributed by atoms with Crippen LogP contribution in [0.5, 0.6) is 0 Å². The molecule has 2 heterocycles. The summed E-state index contributed by atoms with van der Waals surface area (Å²) in [4.78, 5) is 6.67. The summed E-state index contributed by atoms with van der Waals surface area (Å²) in [5.74, 6) is 0.745. The second kappa shape index (κ2) is 4.97. The van der Waals surface area contributed by atoms with Gasteiger partial charge in [-0.3, -0.25) is 0 Å². The van der Waals surface area contributed by atoms with Gasteiger partial charge in [0.05, 0.1) is 6.10 Å².